The van der Waals surface area contributed by atoms with E-state index in [2.05, 4.69) is 5.32 Å². The minimum absolute atomic E-state index is 0.0751. The van der Waals surface area contributed by atoms with Crippen molar-refractivity contribution >= 4 is 17.3 Å². The molecule has 1 aromatic rings. The van der Waals surface area contributed by atoms with Crippen LogP contribution in [0.5, 0.6) is 0 Å². The molecular weight excluding hydrogens is 239 g/mol. The molecule has 18 heavy (non-hydrogen) atoms. The van der Waals surface area contributed by atoms with Crippen LogP contribution < -0.4 is 11.1 Å². The first kappa shape index (κ1) is 12.6. The molecule has 98 valence electrons. The zero-order chi connectivity index (χ0) is 13.3. The maximum Gasteiger partial charge on any atom is 0.337 e. The second-order valence-corrected chi connectivity index (χ2v) is 4.39. The van der Waals surface area contributed by atoms with Crippen molar-refractivity contribution in [2.45, 2.75) is 25.0 Å². The Morgan fingerprint density at radius 1 is 1.56 bits per heavy atom. The maximum atomic E-state index is 13.6. The van der Waals surface area contributed by atoms with Crippen molar-refractivity contribution in [2.24, 2.45) is 0 Å². The molecular formula is C12H15FN2O3. The van der Waals surface area contributed by atoms with E-state index in [0.29, 0.717) is 0 Å². The lowest BCUT2D eigenvalue weighted by Gasteiger charge is -2.35. The number of halogens is 1. The number of benzene rings is 1. The zero-order valence-electron chi connectivity index (χ0n) is 9.94. The van der Waals surface area contributed by atoms with Crippen LogP contribution in [0.2, 0.25) is 0 Å². The van der Waals surface area contributed by atoms with Crippen LogP contribution in [0, 0.1) is 5.82 Å². The molecule has 0 bridgehead atoms. The summed E-state index contributed by atoms with van der Waals surface area (Å²) in [5, 5.41) is 11.9. The summed E-state index contributed by atoms with van der Waals surface area (Å²) >= 11 is 0. The van der Waals surface area contributed by atoms with Crippen molar-refractivity contribution in [3.05, 3.63) is 23.5 Å². The third kappa shape index (κ3) is 2.38. The first-order chi connectivity index (χ1) is 8.51. The minimum Gasteiger partial charge on any atom is -0.478 e. The van der Waals surface area contributed by atoms with E-state index in [-0.39, 0.29) is 29.1 Å². The number of rotatable bonds is 4. The maximum absolute atomic E-state index is 13.6. The molecule has 1 aliphatic carbocycles. The van der Waals surface area contributed by atoms with E-state index in [1.165, 1.54) is 6.07 Å². The van der Waals surface area contributed by atoms with E-state index in [1.54, 1.807) is 7.11 Å². The predicted octanol–water partition coefficient (Wildman–Crippen LogP) is 1.70. The highest BCUT2D eigenvalue weighted by Gasteiger charge is 2.29. The Balaban J connectivity index is 2.13. The fraction of sp³-hybridized carbons (Fsp3) is 0.417. The fourth-order valence-corrected chi connectivity index (χ4v) is 1.98. The van der Waals surface area contributed by atoms with Crippen LogP contribution in [-0.2, 0) is 4.74 Å². The van der Waals surface area contributed by atoms with E-state index >= 15 is 0 Å². The van der Waals surface area contributed by atoms with Gasteiger partial charge in [-0.3, -0.25) is 0 Å². The third-order valence-electron chi connectivity index (χ3n) is 3.16. The van der Waals surface area contributed by atoms with Gasteiger partial charge in [-0.15, -0.1) is 0 Å². The molecule has 0 saturated heterocycles. The lowest BCUT2D eigenvalue weighted by Crippen LogP contribution is -2.40. The Labute approximate surface area is 104 Å². The molecule has 0 atom stereocenters. The average Bonchev–Trinajstić information content (AvgIpc) is 2.24. The van der Waals surface area contributed by atoms with Gasteiger partial charge in [0.15, 0.2) is 0 Å². The highest BCUT2D eigenvalue weighted by molar-refractivity contribution is 5.94. The summed E-state index contributed by atoms with van der Waals surface area (Å²) in [6.45, 7) is 0. The molecule has 0 unspecified atom stereocenters. The Morgan fingerprint density at radius 2 is 2.22 bits per heavy atom. The average molecular weight is 254 g/mol. The summed E-state index contributed by atoms with van der Waals surface area (Å²) in [6, 6.07) is 2.36. The fourth-order valence-electron chi connectivity index (χ4n) is 1.98. The van der Waals surface area contributed by atoms with Crippen molar-refractivity contribution in [3.63, 3.8) is 0 Å². The number of nitrogen functional groups attached to an aromatic ring is 1. The number of anilines is 2. The first-order valence-corrected chi connectivity index (χ1v) is 5.63. The summed E-state index contributed by atoms with van der Waals surface area (Å²) in [5.41, 5.74) is 5.44. The highest BCUT2D eigenvalue weighted by Crippen LogP contribution is 2.29. The molecule has 0 radical (unpaired) electrons. The zero-order valence-corrected chi connectivity index (χ0v) is 9.94. The number of carboxylic acid groups (broad SMARTS) is 1. The topological polar surface area (TPSA) is 84.6 Å². The first-order valence-electron chi connectivity index (χ1n) is 5.63. The number of nitrogens with one attached hydrogen (secondary N) is 1. The van der Waals surface area contributed by atoms with Crippen LogP contribution in [0.1, 0.15) is 23.2 Å². The van der Waals surface area contributed by atoms with Gasteiger partial charge >= 0.3 is 5.97 Å². The smallest absolute Gasteiger partial charge is 0.337 e. The number of carboxylic acids is 1. The SMILES string of the molecule is COC1CC(Nc2cc(C(=O)O)c(N)cc2F)C1. The van der Waals surface area contributed by atoms with Gasteiger partial charge in [0.2, 0.25) is 0 Å². The van der Waals surface area contributed by atoms with Crippen molar-refractivity contribution in [2.75, 3.05) is 18.2 Å². The number of carbonyl (C=O) groups is 1. The van der Waals surface area contributed by atoms with Gasteiger partial charge in [-0.05, 0) is 25.0 Å². The number of methoxy groups -OCH3 is 1. The molecule has 2 rings (SSSR count). The van der Waals surface area contributed by atoms with Gasteiger partial charge in [0, 0.05) is 18.8 Å². The van der Waals surface area contributed by atoms with Gasteiger partial charge in [-0.25, -0.2) is 9.18 Å². The van der Waals surface area contributed by atoms with E-state index in [0.717, 1.165) is 18.9 Å². The number of aromatic carboxylic acids is 1. The molecule has 0 aliphatic heterocycles. The summed E-state index contributed by atoms with van der Waals surface area (Å²) in [5.74, 6) is -1.71. The summed E-state index contributed by atoms with van der Waals surface area (Å²) in [4.78, 5) is 10.9. The van der Waals surface area contributed by atoms with Crippen molar-refractivity contribution < 1.29 is 19.0 Å². The minimum atomic E-state index is -1.17. The monoisotopic (exact) mass is 254 g/mol. The lowest BCUT2D eigenvalue weighted by atomic mass is 9.89. The summed E-state index contributed by atoms with van der Waals surface area (Å²) in [6.07, 6.45) is 1.75. The van der Waals surface area contributed by atoms with E-state index in [1.807, 2.05) is 0 Å². The van der Waals surface area contributed by atoms with Crippen LogP contribution in [0.3, 0.4) is 0 Å². The Hall–Kier alpha value is -1.82. The van der Waals surface area contributed by atoms with Gasteiger partial charge in [-0.1, -0.05) is 0 Å². The molecule has 0 heterocycles. The molecule has 0 amide bonds. The van der Waals surface area contributed by atoms with E-state index in [9.17, 15) is 9.18 Å². The highest BCUT2D eigenvalue weighted by atomic mass is 19.1. The van der Waals surface area contributed by atoms with Crippen molar-refractivity contribution in [3.8, 4) is 0 Å². The molecule has 1 aromatic carbocycles. The van der Waals surface area contributed by atoms with Crippen LogP contribution >= 0.6 is 0 Å². The molecule has 5 nitrogen and oxygen atoms in total. The second-order valence-electron chi connectivity index (χ2n) is 4.39. The lowest BCUT2D eigenvalue weighted by molar-refractivity contribution is 0.0328. The van der Waals surface area contributed by atoms with Gasteiger partial charge < -0.3 is 20.9 Å². The third-order valence-corrected chi connectivity index (χ3v) is 3.16. The van der Waals surface area contributed by atoms with Gasteiger partial charge in [0.05, 0.1) is 17.4 Å². The number of hydrogen-bond acceptors (Lipinski definition) is 4. The molecule has 1 fully saturated rings. The molecule has 0 spiro atoms. The molecule has 0 aromatic heterocycles. The van der Waals surface area contributed by atoms with Crippen LogP contribution in [0.4, 0.5) is 15.8 Å². The quantitative estimate of drug-likeness (QED) is 0.712. The van der Waals surface area contributed by atoms with Crippen LogP contribution in [-0.4, -0.2) is 30.3 Å². The number of nitrogens with two attached hydrogens (primary N) is 1. The number of ether oxygens (including phenoxy) is 1. The Kier molecular flexibility index (Phi) is 3.38. The molecule has 4 N–H and O–H groups in total. The van der Waals surface area contributed by atoms with E-state index in [4.69, 9.17) is 15.6 Å². The van der Waals surface area contributed by atoms with Crippen LogP contribution in [0.15, 0.2) is 12.1 Å². The largest absolute Gasteiger partial charge is 0.478 e. The predicted molar refractivity (Wildman–Crippen MR) is 65.2 cm³/mol. The Bertz CT molecular complexity index is 473. The van der Waals surface area contributed by atoms with E-state index < -0.39 is 11.8 Å². The normalized spacial score (nSPS) is 22.3. The van der Waals surface area contributed by atoms with Gasteiger partial charge in [0.25, 0.3) is 0 Å². The second kappa shape index (κ2) is 4.81. The molecule has 1 saturated carbocycles. The summed E-state index contributed by atoms with van der Waals surface area (Å²) in [7, 11) is 1.63. The molecule has 6 heteroatoms. The van der Waals surface area contributed by atoms with Gasteiger partial charge in [0.1, 0.15) is 5.82 Å². The van der Waals surface area contributed by atoms with Crippen molar-refractivity contribution in [1.82, 2.24) is 0 Å². The number of hydrogen-bond donors (Lipinski definition) is 3. The Morgan fingerprint density at radius 3 is 2.78 bits per heavy atom. The van der Waals surface area contributed by atoms with Crippen LogP contribution in [0.25, 0.3) is 0 Å². The summed E-state index contributed by atoms with van der Waals surface area (Å²) < 4.78 is 18.7. The molecule has 1 aliphatic rings. The standard InChI is InChI=1S/C12H15FN2O3/c1-18-7-2-6(3-7)15-11-4-8(12(16)17)10(14)5-9(11)13/h4-7,15H,2-3,14H2,1H3,(H,16,17). The van der Waals surface area contributed by atoms with Crippen molar-refractivity contribution in [1.29, 1.82) is 0 Å². The van der Waals surface area contributed by atoms with Gasteiger partial charge in [-0.2, -0.15) is 0 Å².